The summed E-state index contributed by atoms with van der Waals surface area (Å²) in [5, 5.41) is 8.93. The average Bonchev–Trinajstić information content (AvgIpc) is 2.83. The van der Waals surface area contributed by atoms with E-state index < -0.39 is 12.1 Å². The van der Waals surface area contributed by atoms with Crippen LogP contribution in [0.4, 0.5) is 4.79 Å². The summed E-state index contributed by atoms with van der Waals surface area (Å²) in [6, 6.07) is -0.220. The number of hydrogen-bond donors (Lipinski definition) is 1. The van der Waals surface area contributed by atoms with Gasteiger partial charge in [0.15, 0.2) is 6.10 Å². The summed E-state index contributed by atoms with van der Waals surface area (Å²) in [6.45, 7) is 1.07. The van der Waals surface area contributed by atoms with Gasteiger partial charge in [0.05, 0.1) is 19.7 Å². The van der Waals surface area contributed by atoms with Gasteiger partial charge in [-0.3, -0.25) is 0 Å². The molecule has 20 heavy (non-hydrogen) atoms. The molecule has 8 nitrogen and oxygen atoms in total. The highest BCUT2D eigenvalue weighted by molar-refractivity contribution is 5.77. The lowest BCUT2D eigenvalue weighted by atomic mass is 10.3. The SMILES string of the molecule is CN(Cc1nccn1C)C(=O)N1CCOC(C(=O)O)C1. The van der Waals surface area contributed by atoms with Crippen LogP contribution in [0.1, 0.15) is 5.82 Å². The molecule has 0 radical (unpaired) electrons. The van der Waals surface area contributed by atoms with Gasteiger partial charge in [0.2, 0.25) is 0 Å². The van der Waals surface area contributed by atoms with Gasteiger partial charge in [0.1, 0.15) is 5.82 Å². The number of carbonyl (C=O) groups excluding carboxylic acids is 1. The van der Waals surface area contributed by atoms with Crippen molar-refractivity contribution in [1.29, 1.82) is 0 Å². The Morgan fingerprint density at radius 3 is 2.95 bits per heavy atom. The van der Waals surface area contributed by atoms with Gasteiger partial charge in [-0.2, -0.15) is 0 Å². The van der Waals surface area contributed by atoms with Crippen molar-refractivity contribution in [3.8, 4) is 0 Å². The standard InChI is InChI=1S/C12H18N4O4/c1-14-4-3-13-10(14)8-15(2)12(19)16-5-6-20-9(7-16)11(17)18/h3-4,9H,5-8H2,1-2H3,(H,17,18). The molecule has 1 aliphatic rings. The van der Waals surface area contributed by atoms with E-state index in [0.29, 0.717) is 13.1 Å². The Labute approximate surface area is 116 Å². The van der Waals surface area contributed by atoms with Crippen LogP contribution in [-0.2, 0) is 23.1 Å². The van der Waals surface area contributed by atoms with Crippen LogP contribution in [0.3, 0.4) is 0 Å². The van der Waals surface area contributed by atoms with Crippen LogP contribution in [0.5, 0.6) is 0 Å². The maximum absolute atomic E-state index is 12.3. The van der Waals surface area contributed by atoms with Crippen molar-refractivity contribution in [2.75, 3.05) is 26.7 Å². The molecule has 2 amide bonds. The summed E-state index contributed by atoms with van der Waals surface area (Å²) in [6.07, 6.45) is 2.53. The Hall–Kier alpha value is -2.09. The third-order valence-electron chi connectivity index (χ3n) is 3.24. The molecule has 2 heterocycles. The Balaban J connectivity index is 1.96. The molecular formula is C12H18N4O4. The van der Waals surface area contributed by atoms with E-state index >= 15 is 0 Å². The van der Waals surface area contributed by atoms with E-state index in [1.807, 2.05) is 17.8 Å². The first-order valence-electron chi connectivity index (χ1n) is 6.29. The molecule has 0 aromatic carbocycles. The van der Waals surface area contributed by atoms with Crippen molar-refractivity contribution in [1.82, 2.24) is 19.4 Å². The van der Waals surface area contributed by atoms with Gasteiger partial charge in [0.25, 0.3) is 0 Å². The van der Waals surface area contributed by atoms with Gasteiger partial charge < -0.3 is 24.2 Å². The van der Waals surface area contributed by atoms with E-state index in [-0.39, 0.29) is 19.2 Å². The molecule has 1 N–H and O–H groups in total. The molecule has 1 atom stereocenters. The molecule has 1 aromatic rings. The average molecular weight is 282 g/mol. The maximum atomic E-state index is 12.3. The van der Waals surface area contributed by atoms with Crippen LogP contribution in [0, 0.1) is 0 Å². The van der Waals surface area contributed by atoms with E-state index in [1.165, 1.54) is 9.80 Å². The quantitative estimate of drug-likeness (QED) is 0.826. The van der Waals surface area contributed by atoms with Crippen LogP contribution in [0.15, 0.2) is 12.4 Å². The molecule has 1 aromatic heterocycles. The molecule has 2 rings (SSSR count). The molecule has 110 valence electrons. The van der Waals surface area contributed by atoms with Crippen molar-refractivity contribution in [3.63, 3.8) is 0 Å². The zero-order valence-electron chi connectivity index (χ0n) is 11.5. The lowest BCUT2D eigenvalue weighted by Crippen LogP contribution is -2.52. The van der Waals surface area contributed by atoms with Crippen molar-refractivity contribution in [3.05, 3.63) is 18.2 Å². The number of amides is 2. The Morgan fingerprint density at radius 1 is 1.60 bits per heavy atom. The first-order valence-corrected chi connectivity index (χ1v) is 6.29. The zero-order chi connectivity index (χ0) is 14.7. The monoisotopic (exact) mass is 282 g/mol. The van der Waals surface area contributed by atoms with E-state index in [2.05, 4.69) is 4.98 Å². The van der Waals surface area contributed by atoms with Crippen LogP contribution < -0.4 is 0 Å². The minimum Gasteiger partial charge on any atom is -0.479 e. The number of imidazole rings is 1. The van der Waals surface area contributed by atoms with Gasteiger partial charge in [-0.25, -0.2) is 14.6 Å². The number of carbonyl (C=O) groups is 2. The predicted octanol–water partition coefficient (Wildman–Crippen LogP) is -0.243. The van der Waals surface area contributed by atoms with Crippen molar-refractivity contribution in [2.45, 2.75) is 12.6 Å². The summed E-state index contributed by atoms with van der Waals surface area (Å²) < 4.78 is 6.93. The summed E-state index contributed by atoms with van der Waals surface area (Å²) in [7, 11) is 3.53. The molecule has 0 aliphatic carbocycles. The van der Waals surface area contributed by atoms with Crippen LogP contribution in [0.2, 0.25) is 0 Å². The molecule has 0 bridgehead atoms. The summed E-state index contributed by atoms with van der Waals surface area (Å²) in [5.41, 5.74) is 0. The number of nitrogens with zero attached hydrogens (tertiary/aromatic N) is 4. The normalized spacial score (nSPS) is 18.9. The number of rotatable bonds is 3. The number of carboxylic acids is 1. The van der Waals surface area contributed by atoms with E-state index in [4.69, 9.17) is 9.84 Å². The summed E-state index contributed by atoms with van der Waals surface area (Å²) in [5.74, 6) is -0.279. The molecule has 0 spiro atoms. The second kappa shape index (κ2) is 5.91. The number of aromatic nitrogens is 2. The smallest absolute Gasteiger partial charge is 0.334 e. The lowest BCUT2D eigenvalue weighted by Gasteiger charge is -2.33. The van der Waals surface area contributed by atoms with Crippen molar-refractivity contribution < 1.29 is 19.4 Å². The molecular weight excluding hydrogens is 264 g/mol. The Kier molecular flexibility index (Phi) is 4.23. The molecule has 1 unspecified atom stereocenters. The third kappa shape index (κ3) is 3.08. The van der Waals surface area contributed by atoms with E-state index in [9.17, 15) is 9.59 Å². The van der Waals surface area contributed by atoms with Crippen LogP contribution in [0.25, 0.3) is 0 Å². The first kappa shape index (κ1) is 14.3. The Morgan fingerprint density at radius 2 is 2.35 bits per heavy atom. The highest BCUT2D eigenvalue weighted by Gasteiger charge is 2.30. The molecule has 0 saturated carbocycles. The Bertz CT molecular complexity index is 501. The van der Waals surface area contributed by atoms with E-state index in [1.54, 1.807) is 13.2 Å². The van der Waals surface area contributed by atoms with Gasteiger partial charge in [-0.1, -0.05) is 0 Å². The van der Waals surface area contributed by atoms with Gasteiger partial charge in [-0.05, 0) is 0 Å². The zero-order valence-corrected chi connectivity index (χ0v) is 11.5. The number of aliphatic carboxylic acids is 1. The minimum absolute atomic E-state index is 0.0685. The predicted molar refractivity (Wildman–Crippen MR) is 69.0 cm³/mol. The fourth-order valence-corrected chi connectivity index (χ4v) is 2.04. The van der Waals surface area contributed by atoms with Crippen molar-refractivity contribution >= 4 is 12.0 Å². The maximum Gasteiger partial charge on any atom is 0.334 e. The summed E-state index contributed by atoms with van der Waals surface area (Å²) in [4.78, 5) is 30.3. The molecule has 1 fully saturated rings. The number of morpholine rings is 1. The number of ether oxygens (including phenoxy) is 1. The fraction of sp³-hybridized carbons (Fsp3) is 0.583. The lowest BCUT2D eigenvalue weighted by molar-refractivity contribution is -0.154. The minimum atomic E-state index is -1.05. The van der Waals surface area contributed by atoms with Crippen molar-refractivity contribution in [2.24, 2.45) is 7.05 Å². The molecule has 1 saturated heterocycles. The fourth-order valence-electron chi connectivity index (χ4n) is 2.04. The number of carboxylic acid groups (broad SMARTS) is 1. The largest absolute Gasteiger partial charge is 0.479 e. The second-order valence-electron chi connectivity index (χ2n) is 4.74. The van der Waals surface area contributed by atoms with Gasteiger partial charge in [0, 0.05) is 33.0 Å². The second-order valence-corrected chi connectivity index (χ2v) is 4.74. The number of urea groups is 1. The van der Waals surface area contributed by atoms with Gasteiger partial charge in [-0.15, -0.1) is 0 Å². The molecule has 1 aliphatic heterocycles. The highest BCUT2D eigenvalue weighted by Crippen LogP contribution is 2.09. The number of aryl methyl sites for hydroxylation is 1. The van der Waals surface area contributed by atoms with Crippen LogP contribution >= 0.6 is 0 Å². The molecule has 8 heteroatoms. The summed E-state index contributed by atoms with van der Waals surface area (Å²) >= 11 is 0. The van der Waals surface area contributed by atoms with E-state index in [0.717, 1.165) is 5.82 Å². The third-order valence-corrected chi connectivity index (χ3v) is 3.24. The number of hydrogen-bond acceptors (Lipinski definition) is 4. The highest BCUT2D eigenvalue weighted by atomic mass is 16.5. The van der Waals surface area contributed by atoms with Gasteiger partial charge >= 0.3 is 12.0 Å². The van der Waals surface area contributed by atoms with Crippen LogP contribution in [-0.4, -0.2) is 69.3 Å². The first-order chi connectivity index (χ1) is 9.49. The topological polar surface area (TPSA) is 87.9 Å².